The molecule has 2 heteroatoms. The minimum atomic E-state index is 0.217. The van der Waals surface area contributed by atoms with Gasteiger partial charge in [-0.1, -0.05) is 18.2 Å². The van der Waals surface area contributed by atoms with Gasteiger partial charge in [-0.3, -0.25) is 0 Å². The van der Waals surface area contributed by atoms with Crippen molar-refractivity contribution in [2.45, 2.75) is 32.9 Å². The minimum absolute atomic E-state index is 0.217. The number of hydrogen-bond donors (Lipinski definition) is 1. The molecule has 1 aliphatic heterocycles. The van der Waals surface area contributed by atoms with Crippen LogP contribution in [0, 0.1) is 13.8 Å². The quantitative estimate of drug-likeness (QED) is 0.776. The monoisotopic (exact) mass is 191 g/mol. The van der Waals surface area contributed by atoms with Gasteiger partial charge >= 0.3 is 0 Å². The molecular weight excluding hydrogens is 174 g/mol. The number of anilines is 1. The van der Waals surface area contributed by atoms with Crippen LogP contribution in [0.4, 0.5) is 5.69 Å². The van der Waals surface area contributed by atoms with Gasteiger partial charge in [0, 0.05) is 12.3 Å². The van der Waals surface area contributed by atoms with Crippen LogP contribution in [0.25, 0.3) is 0 Å². The fraction of sp³-hybridized carbons (Fsp3) is 0.500. The SMILES string of the molecule is Cc1cccc(C)c1NC1CCCO1. The van der Waals surface area contributed by atoms with E-state index in [0.29, 0.717) is 0 Å². The summed E-state index contributed by atoms with van der Waals surface area (Å²) in [5.41, 5.74) is 3.82. The maximum absolute atomic E-state index is 5.56. The second-order valence-corrected chi connectivity index (χ2v) is 3.91. The number of benzene rings is 1. The van der Waals surface area contributed by atoms with Crippen molar-refractivity contribution in [3.05, 3.63) is 29.3 Å². The van der Waals surface area contributed by atoms with Gasteiger partial charge in [-0.15, -0.1) is 0 Å². The van der Waals surface area contributed by atoms with E-state index in [9.17, 15) is 0 Å². The van der Waals surface area contributed by atoms with Gasteiger partial charge in [0.25, 0.3) is 0 Å². The Kier molecular flexibility index (Phi) is 2.73. The van der Waals surface area contributed by atoms with Crippen LogP contribution in [0.5, 0.6) is 0 Å². The van der Waals surface area contributed by atoms with E-state index in [0.717, 1.165) is 13.0 Å². The topological polar surface area (TPSA) is 21.3 Å². The summed E-state index contributed by atoms with van der Waals surface area (Å²) in [5, 5.41) is 3.46. The van der Waals surface area contributed by atoms with Gasteiger partial charge in [-0.2, -0.15) is 0 Å². The molecule has 1 aliphatic rings. The van der Waals surface area contributed by atoms with Gasteiger partial charge in [0.15, 0.2) is 0 Å². The number of rotatable bonds is 2. The number of aryl methyl sites for hydroxylation is 2. The first-order valence-corrected chi connectivity index (χ1v) is 5.22. The molecule has 1 unspecified atom stereocenters. The van der Waals surface area contributed by atoms with Gasteiger partial charge < -0.3 is 10.1 Å². The van der Waals surface area contributed by atoms with Crippen molar-refractivity contribution in [3.8, 4) is 0 Å². The Bertz CT molecular complexity index is 296. The summed E-state index contributed by atoms with van der Waals surface area (Å²) in [5.74, 6) is 0. The Morgan fingerprint density at radius 2 is 2.00 bits per heavy atom. The Labute approximate surface area is 85.3 Å². The van der Waals surface area contributed by atoms with Crippen LogP contribution in [-0.2, 0) is 4.74 Å². The maximum atomic E-state index is 5.56. The van der Waals surface area contributed by atoms with E-state index in [1.807, 2.05) is 0 Å². The van der Waals surface area contributed by atoms with Gasteiger partial charge in [-0.05, 0) is 37.8 Å². The molecule has 76 valence electrons. The van der Waals surface area contributed by atoms with E-state index in [1.165, 1.54) is 23.2 Å². The maximum Gasteiger partial charge on any atom is 0.127 e. The molecule has 1 aromatic carbocycles. The van der Waals surface area contributed by atoms with Crippen LogP contribution in [0.15, 0.2) is 18.2 Å². The lowest BCUT2D eigenvalue weighted by atomic mass is 10.1. The summed E-state index contributed by atoms with van der Waals surface area (Å²) in [4.78, 5) is 0. The Morgan fingerprint density at radius 1 is 1.29 bits per heavy atom. The third kappa shape index (κ3) is 1.90. The fourth-order valence-corrected chi connectivity index (χ4v) is 1.89. The van der Waals surface area contributed by atoms with Gasteiger partial charge in [0.2, 0.25) is 0 Å². The van der Waals surface area contributed by atoms with E-state index in [4.69, 9.17) is 4.74 Å². The molecule has 1 aromatic rings. The predicted octanol–water partition coefficient (Wildman–Crippen LogP) is 2.85. The standard InChI is InChI=1S/C12H17NO/c1-9-5-3-6-10(2)12(9)13-11-7-4-8-14-11/h3,5-6,11,13H,4,7-8H2,1-2H3. The first kappa shape index (κ1) is 9.53. The van der Waals surface area contributed by atoms with Gasteiger partial charge in [-0.25, -0.2) is 0 Å². The van der Waals surface area contributed by atoms with E-state index >= 15 is 0 Å². The van der Waals surface area contributed by atoms with Crippen LogP contribution in [-0.4, -0.2) is 12.8 Å². The van der Waals surface area contributed by atoms with Gasteiger partial charge in [0.1, 0.15) is 6.23 Å². The average molecular weight is 191 g/mol. The van der Waals surface area contributed by atoms with Crippen LogP contribution >= 0.6 is 0 Å². The zero-order chi connectivity index (χ0) is 9.97. The highest BCUT2D eigenvalue weighted by atomic mass is 16.5. The van der Waals surface area contributed by atoms with E-state index < -0.39 is 0 Å². The Balaban J connectivity index is 2.14. The molecule has 2 rings (SSSR count). The van der Waals surface area contributed by atoms with E-state index in [-0.39, 0.29) is 6.23 Å². The minimum Gasteiger partial charge on any atom is -0.360 e. The molecule has 0 spiro atoms. The highest BCUT2D eigenvalue weighted by Gasteiger charge is 2.16. The van der Waals surface area contributed by atoms with Crippen LogP contribution in [0.3, 0.4) is 0 Å². The first-order chi connectivity index (χ1) is 6.77. The second kappa shape index (κ2) is 4.01. The summed E-state index contributed by atoms with van der Waals surface area (Å²) in [6.07, 6.45) is 2.51. The molecular formula is C12H17NO. The molecule has 14 heavy (non-hydrogen) atoms. The third-order valence-corrected chi connectivity index (χ3v) is 2.72. The van der Waals surface area contributed by atoms with Crippen molar-refractivity contribution < 1.29 is 4.74 Å². The molecule has 0 radical (unpaired) electrons. The Hall–Kier alpha value is -1.02. The molecule has 0 aliphatic carbocycles. The lowest BCUT2D eigenvalue weighted by Gasteiger charge is -2.17. The molecule has 0 bridgehead atoms. The normalized spacial score (nSPS) is 21.1. The highest BCUT2D eigenvalue weighted by molar-refractivity contribution is 5.56. The molecule has 1 N–H and O–H groups in total. The average Bonchev–Trinajstić information content (AvgIpc) is 2.64. The molecule has 0 aromatic heterocycles. The smallest absolute Gasteiger partial charge is 0.127 e. The number of nitrogens with one attached hydrogen (secondary N) is 1. The molecule has 0 amide bonds. The molecule has 0 saturated carbocycles. The van der Waals surface area contributed by atoms with Crippen LogP contribution < -0.4 is 5.32 Å². The van der Waals surface area contributed by atoms with Crippen molar-refractivity contribution in [2.75, 3.05) is 11.9 Å². The molecule has 1 heterocycles. The summed E-state index contributed by atoms with van der Waals surface area (Å²) in [6, 6.07) is 6.35. The molecule has 1 atom stereocenters. The van der Waals surface area contributed by atoms with Crippen molar-refractivity contribution in [1.29, 1.82) is 0 Å². The van der Waals surface area contributed by atoms with Crippen LogP contribution in [0.1, 0.15) is 24.0 Å². The summed E-state index contributed by atoms with van der Waals surface area (Å²) < 4.78 is 5.56. The zero-order valence-corrected chi connectivity index (χ0v) is 8.84. The van der Waals surface area contributed by atoms with Crippen molar-refractivity contribution >= 4 is 5.69 Å². The summed E-state index contributed by atoms with van der Waals surface area (Å²) in [6.45, 7) is 5.15. The fourth-order valence-electron chi connectivity index (χ4n) is 1.89. The lowest BCUT2D eigenvalue weighted by molar-refractivity contribution is 0.131. The third-order valence-electron chi connectivity index (χ3n) is 2.72. The summed E-state index contributed by atoms with van der Waals surface area (Å²) >= 11 is 0. The predicted molar refractivity (Wildman–Crippen MR) is 58.5 cm³/mol. The largest absolute Gasteiger partial charge is 0.360 e. The molecule has 1 fully saturated rings. The van der Waals surface area contributed by atoms with E-state index in [2.05, 4.69) is 37.4 Å². The number of hydrogen-bond acceptors (Lipinski definition) is 2. The lowest BCUT2D eigenvalue weighted by Crippen LogP contribution is -2.18. The van der Waals surface area contributed by atoms with Crippen LogP contribution in [0.2, 0.25) is 0 Å². The Morgan fingerprint density at radius 3 is 2.57 bits per heavy atom. The number of para-hydroxylation sites is 1. The summed E-state index contributed by atoms with van der Waals surface area (Å²) in [7, 11) is 0. The highest BCUT2D eigenvalue weighted by Crippen LogP contribution is 2.23. The first-order valence-electron chi connectivity index (χ1n) is 5.22. The zero-order valence-electron chi connectivity index (χ0n) is 8.84. The van der Waals surface area contributed by atoms with Crippen molar-refractivity contribution in [2.24, 2.45) is 0 Å². The molecule has 1 saturated heterocycles. The van der Waals surface area contributed by atoms with E-state index in [1.54, 1.807) is 0 Å². The van der Waals surface area contributed by atoms with Gasteiger partial charge in [0.05, 0.1) is 0 Å². The molecule has 2 nitrogen and oxygen atoms in total. The second-order valence-electron chi connectivity index (χ2n) is 3.91. The van der Waals surface area contributed by atoms with Crippen molar-refractivity contribution in [3.63, 3.8) is 0 Å². The number of ether oxygens (including phenoxy) is 1. The van der Waals surface area contributed by atoms with Crippen molar-refractivity contribution in [1.82, 2.24) is 0 Å².